The lowest BCUT2D eigenvalue weighted by Crippen LogP contribution is -2.06. The third kappa shape index (κ3) is 5.00. The van der Waals surface area contributed by atoms with Gasteiger partial charge in [-0.15, -0.1) is 0 Å². The first-order chi connectivity index (χ1) is 8.67. The number of anilines is 1. The Bertz CT molecular complexity index is 364. The molecule has 0 bridgehead atoms. The van der Waals surface area contributed by atoms with E-state index in [2.05, 4.69) is 10.1 Å². The Labute approximate surface area is 110 Å². The fourth-order valence-electron chi connectivity index (χ4n) is 1.42. The van der Waals surface area contributed by atoms with Gasteiger partial charge in [0.15, 0.2) is 11.5 Å². The van der Waals surface area contributed by atoms with Crippen molar-refractivity contribution in [2.24, 2.45) is 0 Å². The zero-order chi connectivity index (χ0) is 13.4. The average Bonchev–Trinajstić information content (AvgIpc) is 2.34. The number of halogens is 2. The highest BCUT2D eigenvalue weighted by molar-refractivity contribution is 7.98. The van der Waals surface area contributed by atoms with E-state index >= 15 is 0 Å². The lowest BCUT2D eigenvalue weighted by atomic mass is 10.2. The molecule has 6 heteroatoms. The van der Waals surface area contributed by atoms with Gasteiger partial charge < -0.3 is 14.8 Å². The molecule has 0 saturated heterocycles. The van der Waals surface area contributed by atoms with Gasteiger partial charge in [-0.05, 0) is 30.6 Å². The number of methoxy groups -OCH3 is 1. The van der Waals surface area contributed by atoms with Crippen LogP contribution in [0.1, 0.15) is 6.42 Å². The van der Waals surface area contributed by atoms with Crippen LogP contribution in [0, 0.1) is 0 Å². The van der Waals surface area contributed by atoms with Gasteiger partial charge >= 0.3 is 6.61 Å². The number of alkyl halides is 2. The Balaban J connectivity index is 2.63. The molecular formula is C12H17F2NO2S. The Hall–Kier alpha value is -1.17. The molecule has 0 heterocycles. The maximum atomic E-state index is 12.2. The number of hydrogen-bond donors (Lipinski definition) is 1. The molecule has 0 unspecified atom stereocenters. The molecule has 102 valence electrons. The van der Waals surface area contributed by atoms with Crippen LogP contribution in [0.2, 0.25) is 0 Å². The van der Waals surface area contributed by atoms with Crippen LogP contribution in [-0.2, 0) is 0 Å². The van der Waals surface area contributed by atoms with Gasteiger partial charge in [0.1, 0.15) is 0 Å². The van der Waals surface area contributed by atoms with Gasteiger partial charge in [0.25, 0.3) is 0 Å². The van der Waals surface area contributed by atoms with Crippen LogP contribution >= 0.6 is 11.8 Å². The van der Waals surface area contributed by atoms with Crippen LogP contribution < -0.4 is 14.8 Å². The van der Waals surface area contributed by atoms with Crippen molar-refractivity contribution in [3.05, 3.63) is 18.2 Å². The Morgan fingerprint density at radius 1 is 1.33 bits per heavy atom. The van der Waals surface area contributed by atoms with E-state index in [-0.39, 0.29) is 5.75 Å². The highest BCUT2D eigenvalue weighted by Crippen LogP contribution is 2.31. The molecule has 0 atom stereocenters. The molecule has 0 aliphatic rings. The molecule has 0 radical (unpaired) electrons. The maximum Gasteiger partial charge on any atom is 0.387 e. The van der Waals surface area contributed by atoms with E-state index in [0.717, 1.165) is 24.4 Å². The quantitative estimate of drug-likeness (QED) is 0.737. The number of thioether (sulfide) groups is 1. The predicted molar refractivity (Wildman–Crippen MR) is 71.1 cm³/mol. The summed E-state index contributed by atoms with van der Waals surface area (Å²) < 4.78 is 33.8. The molecular weight excluding hydrogens is 260 g/mol. The molecule has 1 N–H and O–H groups in total. The molecule has 0 saturated carbocycles. The molecule has 1 rings (SSSR count). The van der Waals surface area contributed by atoms with E-state index in [1.807, 2.05) is 6.26 Å². The first-order valence-electron chi connectivity index (χ1n) is 5.53. The second kappa shape index (κ2) is 8.02. The minimum Gasteiger partial charge on any atom is -0.493 e. The lowest BCUT2D eigenvalue weighted by molar-refractivity contribution is -0.0511. The van der Waals surface area contributed by atoms with Crippen molar-refractivity contribution in [1.29, 1.82) is 0 Å². The molecule has 1 aromatic rings. The van der Waals surface area contributed by atoms with Gasteiger partial charge in [-0.25, -0.2) is 0 Å². The standard InChI is InChI=1S/C12H17F2NO2S/c1-16-10-5-4-9(15-6-3-7-18-2)8-11(10)17-12(13)14/h4-5,8,12,15H,3,6-7H2,1-2H3. The first kappa shape index (κ1) is 14.9. The van der Waals surface area contributed by atoms with E-state index in [9.17, 15) is 8.78 Å². The zero-order valence-electron chi connectivity index (χ0n) is 10.4. The minimum atomic E-state index is -2.86. The van der Waals surface area contributed by atoms with Crippen LogP contribution in [0.4, 0.5) is 14.5 Å². The molecule has 3 nitrogen and oxygen atoms in total. The lowest BCUT2D eigenvalue weighted by Gasteiger charge is -2.12. The molecule has 0 aromatic heterocycles. The van der Waals surface area contributed by atoms with Crippen molar-refractivity contribution in [3.63, 3.8) is 0 Å². The van der Waals surface area contributed by atoms with Gasteiger partial charge in [0.2, 0.25) is 0 Å². The van der Waals surface area contributed by atoms with Crippen molar-refractivity contribution >= 4 is 17.4 Å². The molecule has 0 aliphatic carbocycles. The summed E-state index contributed by atoms with van der Waals surface area (Å²) >= 11 is 1.77. The summed E-state index contributed by atoms with van der Waals surface area (Å²) in [6.45, 7) is -2.06. The summed E-state index contributed by atoms with van der Waals surface area (Å²) in [7, 11) is 1.42. The Kier molecular flexibility index (Phi) is 6.64. The van der Waals surface area contributed by atoms with E-state index in [0.29, 0.717) is 5.75 Å². The van der Waals surface area contributed by atoms with E-state index in [1.54, 1.807) is 23.9 Å². The van der Waals surface area contributed by atoms with Crippen molar-refractivity contribution in [2.75, 3.05) is 31.0 Å². The van der Waals surface area contributed by atoms with Crippen LogP contribution in [0.25, 0.3) is 0 Å². The van der Waals surface area contributed by atoms with Crippen molar-refractivity contribution in [3.8, 4) is 11.5 Å². The number of benzene rings is 1. The van der Waals surface area contributed by atoms with Crippen molar-refractivity contribution < 1.29 is 18.3 Å². The predicted octanol–water partition coefficient (Wildman–Crippen LogP) is 3.46. The number of rotatable bonds is 8. The van der Waals surface area contributed by atoms with Crippen molar-refractivity contribution in [1.82, 2.24) is 0 Å². The monoisotopic (exact) mass is 277 g/mol. The summed E-state index contributed by atoms with van der Waals surface area (Å²) in [4.78, 5) is 0. The minimum absolute atomic E-state index is 0.0439. The molecule has 1 aromatic carbocycles. The smallest absolute Gasteiger partial charge is 0.387 e. The normalized spacial score (nSPS) is 10.5. The van der Waals surface area contributed by atoms with Crippen LogP contribution in [0.15, 0.2) is 18.2 Å². The number of nitrogens with one attached hydrogen (secondary N) is 1. The molecule has 0 aliphatic heterocycles. The highest BCUT2D eigenvalue weighted by Gasteiger charge is 2.10. The summed E-state index contributed by atoms with van der Waals surface area (Å²) in [5.41, 5.74) is 0.743. The second-order valence-corrected chi connectivity index (χ2v) is 4.50. The first-order valence-corrected chi connectivity index (χ1v) is 6.92. The molecule has 0 amide bonds. The number of ether oxygens (including phenoxy) is 2. The van der Waals surface area contributed by atoms with Gasteiger partial charge in [-0.1, -0.05) is 0 Å². The van der Waals surface area contributed by atoms with Gasteiger partial charge in [0, 0.05) is 18.3 Å². The fourth-order valence-corrected chi connectivity index (χ4v) is 1.86. The summed E-state index contributed by atoms with van der Waals surface area (Å²) in [6, 6.07) is 4.90. The van der Waals surface area contributed by atoms with E-state index < -0.39 is 6.61 Å². The summed E-state index contributed by atoms with van der Waals surface area (Å²) in [5, 5.41) is 3.15. The van der Waals surface area contributed by atoms with E-state index in [1.165, 1.54) is 13.2 Å². The van der Waals surface area contributed by atoms with Gasteiger partial charge in [0.05, 0.1) is 7.11 Å². The fraction of sp³-hybridized carbons (Fsp3) is 0.500. The molecule has 0 fully saturated rings. The largest absolute Gasteiger partial charge is 0.493 e. The zero-order valence-corrected chi connectivity index (χ0v) is 11.2. The van der Waals surface area contributed by atoms with Crippen molar-refractivity contribution in [2.45, 2.75) is 13.0 Å². The molecule has 18 heavy (non-hydrogen) atoms. The molecule has 0 spiro atoms. The Morgan fingerprint density at radius 3 is 2.72 bits per heavy atom. The van der Waals surface area contributed by atoms with Crippen LogP contribution in [-0.4, -0.2) is 32.3 Å². The second-order valence-electron chi connectivity index (χ2n) is 3.52. The Morgan fingerprint density at radius 2 is 2.11 bits per heavy atom. The SMILES string of the molecule is COc1ccc(NCCCSC)cc1OC(F)F. The third-order valence-corrected chi connectivity index (χ3v) is 2.93. The van der Waals surface area contributed by atoms with E-state index in [4.69, 9.17) is 4.74 Å². The maximum absolute atomic E-state index is 12.2. The van der Waals surface area contributed by atoms with Crippen LogP contribution in [0.3, 0.4) is 0 Å². The highest BCUT2D eigenvalue weighted by atomic mass is 32.2. The summed E-state index contributed by atoms with van der Waals surface area (Å²) in [5.74, 6) is 1.40. The summed E-state index contributed by atoms with van der Waals surface area (Å²) in [6.07, 6.45) is 3.06. The number of hydrogen-bond acceptors (Lipinski definition) is 4. The van der Waals surface area contributed by atoms with Gasteiger partial charge in [-0.2, -0.15) is 20.5 Å². The van der Waals surface area contributed by atoms with Gasteiger partial charge in [-0.3, -0.25) is 0 Å². The topological polar surface area (TPSA) is 30.5 Å². The average molecular weight is 277 g/mol. The van der Waals surface area contributed by atoms with Crippen LogP contribution in [0.5, 0.6) is 11.5 Å². The third-order valence-electron chi connectivity index (χ3n) is 2.23.